The van der Waals surface area contributed by atoms with E-state index in [4.69, 9.17) is 4.74 Å². The van der Waals surface area contributed by atoms with Gasteiger partial charge in [0, 0.05) is 51.5 Å². The number of aromatic nitrogens is 2. The molecule has 1 aliphatic rings. The van der Waals surface area contributed by atoms with Gasteiger partial charge in [-0.2, -0.15) is 0 Å². The average molecular weight is 316 g/mol. The molecule has 1 saturated heterocycles. The minimum Gasteiger partial charge on any atom is -0.481 e. The first-order chi connectivity index (χ1) is 11.2. The smallest absolute Gasteiger partial charge is 0.213 e. The minimum absolute atomic E-state index is 0.273. The molecule has 0 amide bonds. The molecule has 0 atom stereocenters. The summed E-state index contributed by atoms with van der Waals surface area (Å²) in [5.41, 5.74) is 1.94. The lowest BCUT2D eigenvalue weighted by atomic mass is 10.2. The van der Waals surface area contributed by atoms with Crippen molar-refractivity contribution in [1.29, 1.82) is 0 Å². The van der Waals surface area contributed by atoms with Crippen LogP contribution in [-0.2, 0) is 13.1 Å². The summed E-state index contributed by atoms with van der Waals surface area (Å²) < 4.78 is 18.3. The van der Waals surface area contributed by atoms with Crippen LogP contribution in [0.5, 0.6) is 5.88 Å². The number of halogens is 1. The van der Waals surface area contributed by atoms with E-state index in [1.165, 1.54) is 6.20 Å². The number of pyridine rings is 2. The maximum atomic E-state index is 13.2. The summed E-state index contributed by atoms with van der Waals surface area (Å²) in [5.74, 6) is 0.380. The van der Waals surface area contributed by atoms with Crippen molar-refractivity contribution in [3.63, 3.8) is 0 Å². The van der Waals surface area contributed by atoms with E-state index in [0.717, 1.165) is 50.5 Å². The number of nitrogens with zero attached hydrogens (tertiary/aromatic N) is 4. The fourth-order valence-corrected chi connectivity index (χ4v) is 2.79. The van der Waals surface area contributed by atoms with Crippen LogP contribution in [0.4, 0.5) is 4.39 Å². The first kappa shape index (κ1) is 15.8. The highest BCUT2D eigenvalue weighted by molar-refractivity contribution is 5.15. The SMILES string of the molecule is COc1cccc(CN2CCN(Cc3cncc(F)c3)CC2)n1. The molecule has 2 aromatic rings. The average Bonchev–Trinajstić information content (AvgIpc) is 2.57. The molecule has 6 heteroatoms. The van der Waals surface area contributed by atoms with Gasteiger partial charge in [-0.1, -0.05) is 6.07 Å². The topological polar surface area (TPSA) is 41.5 Å². The Labute approximate surface area is 135 Å². The number of piperazine rings is 1. The Morgan fingerprint density at radius 2 is 1.83 bits per heavy atom. The van der Waals surface area contributed by atoms with Crippen LogP contribution in [0.1, 0.15) is 11.3 Å². The highest BCUT2D eigenvalue weighted by atomic mass is 19.1. The normalized spacial score (nSPS) is 16.4. The van der Waals surface area contributed by atoms with Crippen molar-refractivity contribution in [1.82, 2.24) is 19.8 Å². The van der Waals surface area contributed by atoms with Gasteiger partial charge in [0.15, 0.2) is 0 Å². The van der Waals surface area contributed by atoms with Gasteiger partial charge in [0.25, 0.3) is 0 Å². The molecule has 0 aliphatic carbocycles. The van der Waals surface area contributed by atoms with Crippen molar-refractivity contribution in [2.24, 2.45) is 0 Å². The van der Waals surface area contributed by atoms with Crippen molar-refractivity contribution >= 4 is 0 Å². The molecule has 0 bridgehead atoms. The zero-order valence-electron chi connectivity index (χ0n) is 13.3. The van der Waals surface area contributed by atoms with E-state index in [-0.39, 0.29) is 5.82 Å². The second-order valence-corrected chi connectivity index (χ2v) is 5.73. The van der Waals surface area contributed by atoms with Gasteiger partial charge in [-0.25, -0.2) is 9.37 Å². The van der Waals surface area contributed by atoms with Crippen LogP contribution in [0.2, 0.25) is 0 Å². The summed E-state index contributed by atoms with van der Waals surface area (Å²) in [4.78, 5) is 13.1. The van der Waals surface area contributed by atoms with Crippen LogP contribution in [0.25, 0.3) is 0 Å². The van der Waals surface area contributed by atoms with Gasteiger partial charge in [-0.15, -0.1) is 0 Å². The molecule has 23 heavy (non-hydrogen) atoms. The van der Waals surface area contributed by atoms with E-state index in [0.29, 0.717) is 5.88 Å². The Kier molecular flexibility index (Phi) is 5.15. The maximum absolute atomic E-state index is 13.2. The molecule has 0 saturated carbocycles. The standard InChI is InChI=1S/C17H21FN4O/c1-23-17-4-2-3-16(20-17)13-22-7-5-21(6-8-22)12-14-9-15(18)11-19-10-14/h2-4,9-11H,5-8,12-13H2,1H3. The molecule has 1 fully saturated rings. The van der Waals surface area contributed by atoms with Crippen molar-refractivity contribution in [3.05, 3.63) is 53.7 Å². The molecule has 2 aromatic heterocycles. The third kappa shape index (κ3) is 4.46. The molecule has 3 rings (SSSR count). The molecule has 5 nitrogen and oxygen atoms in total. The summed E-state index contributed by atoms with van der Waals surface area (Å²) in [5, 5.41) is 0. The molecule has 1 aliphatic heterocycles. The van der Waals surface area contributed by atoms with Gasteiger partial charge in [-0.05, 0) is 17.7 Å². The van der Waals surface area contributed by atoms with Crippen molar-refractivity contribution < 1.29 is 9.13 Å². The number of hydrogen-bond acceptors (Lipinski definition) is 5. The van der Waals surface area contributed by atoms with Crippen LogP contribution >= 0.6 is 0 Å². The van der Waals surface area contributed by atoms with Crippen LogP contribution in [-0.4, -0.2) is 53.1 Å². The third-order valence-electron chi connectivity index (χ3n) is 4.01. The maximum Gasteiger partial charge on any atom is 0.213 e. The molecule has 0 radical (unpaired) electrons. The predicted molar refractivity (Wildman–Crippen MR) is 85.5 cm³/mol. The predicted octanol–water partition coefficient (Wildman–Crippen LogP) is 1.94. The van der Waals surface area contributed by atoms with Crippen LogP contribution in [0, 0.1) is 5.82 Å². The molecule has 0 spiro atoms. The number of methoxy groups -OCH3 is 1. The van der Waals surface area contributed by atoms with Gasteiger partial charge in [0.05, 0.1) is 19.0 Å². The van der Waals surface area contributed by atoms with Crippen LogP contribution < -0.4 is 4.74 Å². The summed E-state index contributed by atoms with van der Waals surface area (Å²) in [6, 6.07) is 7.40. The molecular weight excluding hydrogens is 295 g/mol. The number of ether oxygens (including phenoxy) is 1. The minimum atomic E-state index is -0.273. The largest absolute Gasteiger partial charge is 0.481 e. The lowest BCUT2D eigenvalue weighted by Crippen LogP contribution is -2.45. The summed E-state index contributed by atoms with van der Waals surface area (Å²) in [7, 11) is 1.63. The first-order valence-electron chi connectivity index (χ1n) is 7.77. The van der Waals surface area contributed by atoms with E-state index in [2.05, 4.69) is 19.8 Å². The molecule has 0 unspecified atom stereocenters. The van der Waals surface area contributed by atoms with E-state index in [1.807, 2.05) is 18.2 Å². The zero-order chi connectivity index (χ0) is 16.1. The summed E-state index contributed by atoms with van der Waals surface area (Å²) in [6.07, 6.45) is 2.97. The van der Waals surface area contributed by atoms with Crippen molar-refractivity contribution in [2.75, 3.05) is 33.3 Å². The van der Waals surface area contributed by atoms with Gasteiger partial charge >= 0.3 is 0 Å². The number of hydrogen-bond donors (Lipinski definition) is 0. The second-order valence-electron chi connectivity index (χ2n) is 5.73. The van der Waals surface area contributed by atoms with Gasteiger partial charge in [0.2, 0.25) is 5.88 Å². The first-order valence-corrected chi connectivity index (χ1v) is 7.77. The van der Waals surface area contributed by atoms with Gasteiger partial charge < -0.3 is 4.74 Å². The van der Waals surface area contributed by atoms with E-state index < -0.39 is 0 Å². The Hall–Kier alpha value is -2.05. The lowest BCUT2D eigenvalue weighted by molar-refractivity contribution is 0.120. The second kappa shape index (κ2) is 7.48. The van der Waals surface area contributed by atoms with Crippen molar-refractivity contribution in [2.45, 2.75) is 13.1 Å². The zero-order valence-corrected chi connectivity index (χ0v) is 13.3. The molecule has 0 aromatic carbocycles. The Bertz CT molecular complexity index is 644. The van der Waals surface area contributed by atoms with Gasteiger partial charge in [0.1, 0.15) is 5.82 Å². The Morgan fingerprint density at radius 3 is 2.52 bits per heavy atom. The Morgan fingerprint density at radius 1 is 1.09 bits per heavy atom. The van der Waals surface area contributed by atoms with E-state index in [9.17, 15) is 4.39 Å². The fraction of sp³-hybridized carbons (Fsp3) is 0.412. The van der Waals surface area contributed by atoms with Gasteiger partial charge in [-0.3, -0.25) is 14.8 Å². The lowest BCUT2D eigenvalue weighted by Gasteiger charge is -2.34. The van der Waals surface area contributed by atoms with Crippen LogP contribution in [0.15, 0.2) is 36.7 Å². The van der Waals surface area contributed by atoms with Crippen LogP contribution in [0.3, 0.4) is 0 Å². The quantitative estimate of drug-likeness (QED) is 0.843. The molecular formula is C17H21FN4O. The fourth-order valence-electron chi connectivity index (χ4n) is 2.79. The summed E-state index contributed by atoms with van der Waals surface area (Å²) >= 11 is 0. The third-order valence-corrected chi connectivity index (χ3v) is 4.01. The highest BCUT2D eigenvalue weighted by Crippen LogP contribution is 2.13. The molecule has 3 heterocycles. The monoisotopic (exact) mass is 316 g/mol. The molecule has 122 valence electrons. The highest BCUT2D eigenvalue weighted by Gasteiger charge is 2.17. The van der Waals surface area contributed by atoms with E-state index in [1.54, 1.807) is 19.4 Å². The summed E-state index contributed by atoms with van der Waals surface area (Å²) in [6.45, 7) is 5.44. The number of rotatable bonds is 5. The molecule has 0 N–H and O–H groups in total. The Balaban J connectivity index is 1.50. The van der Waals surface area contributed by atoms with Crippen molar-refractivity contribution in [3.8, 4) is 5.88 Å². The van der Waals surface area contributed by atoms with E-state index >= 15 is 0 Å².